The highest BCUT2D eigenvalue weighted by Gasteiger charge is 2.12. The highest BCUT2D eigenvalue weighted by Crippen LogP contribution is 2.12. The Bertz CT molecular complexity index is 431. The topological polar surface area (TPSA) is 83.7 Å². The number of nitro groups is 1. The fourth-order valence-corrected chi connectivity index (χ4v) is 1.71. The minimum absolute atomic E-state index is 0.0239. The number of non-ortho nitro benzene ring substituents is 1. The molecule has 0 amide bonds. The van der Waals surface area contributed by atoms with Crippen molar-refractivity contribution < 1.29 is 14.8 Å². The molecule has 0 aliphatic carbocycles. The molecular weight excluding hydrogens is 248 g/mol. The van der Waals surface area contributed by atoms with Gasteiger partial charge in [0.2, 0.25) is 0 Å². The lowest BCUT2D eigenvalue weighted by Crippen LogP contribution is -2.31. The number of carbonyl (C=O) groups is 1. The standard InChI is InChI=1S/C13H18N2O4/c1-2-14(8-3-9-16)10-13(17)11-4-6-12(7-5-11)15(18)19/h4-7,16H,2-3,8-10H2,1H3. The molecule has 0 heterocycles. The maximum Gasteiger partial charge on any atom is 0.269 e. The van der Waals surface area contributed by atoms with Crippen molar-refractivity contribution >= 4 is 11.5 Å². The number of hydrogen-bond acceptors (Lipinski definition) is 5. The number of carbonyl (C=O) groups excluding carboxylic acids is 1. The van der Waals surface area contributed by atoms with Crippen molar-refractivity contribution in [1.29, 1.82) is 0 Å². The third-order valence-corrected chi connectivity index (χ3v) is 2.85. The van der Waals surface area contributed by atoms with E-state index in [1.165, 1.54) is 24.3 Å². The van der Waals surface area contributed by atoms with E-state index in [2.05, 4.69) is 0 Å². The van der Waals surface area contributed by atoms with Crippen molar-refractivity contribution in [2.24, 2.45) is 0 Å². The summed E-state index contributed by atoms with van der Waals surface area (Å²) in [6.07, 6.45) is 0.626. The van der Waals surface area contributed by atoms with Crippen LogP contribution in [-0.2, 0) is 0 Å². The van der Waals surface area contributed by atoms with E-state index in [4.69, 9.17) is 5.11 Å². The van der Waals surface area contributed by atoms with Crippen LogP contribution in [0.25, 0.3) is 0 Å². The molecule has 1 rings (SSSR count). The van der Waals surface area contributed by atoms with Crippen LogP contribution in [0, 0.1) is 10.1 Å². The van der Waals surface area contributed by atoms with E-state index in [1.807, 2.05) is 11.8 Å². The Morgan fingerprint density at radius 1 is 1.37 bits per heavy atom. The first-order valence-corrected chi connectivity index (χ1v) is 6.19. The summed E-state index contributed by atoms with van der Waals surface area (Å²) < 4.78 is 0. The smallest absolute Gasteiger partial charge is 0.269 e. The van der Waals surface area contributed by atoms with Crippen molar-refractivity contribution in [2.45, 2.75) is 13.3 Å². The van der Waals surface area contributed by atoms with Gasteiger partial charge in [0.1, 0.15) is 0 Å². The fraction of sp³-hybridized carbons (Fsp3) is 0.462. The predicted octanol–water partition coefficient (Wildman–Crippen LogP) is 1.48. The van der Waals surface area contributed by atoms with Crippen LogP contribution in [0.15, 0.2) is 24.3 Å². The largest absolute Gasteiger partial charge is 0.396 e. The minimum Gasteiger partial charge on any atom is -0.396 e. The lowest BCUT2D eigenvalue weighted by atomic mass is 10.1. The zero-order valence-electron chi connectivity index (χ0n) is 10.9. The van der Waals surface area contributed by atoms with Gasteiger partial charge in [0.15, 0.2) is 5.78 Å². The van der Waals surface area contributed by atoms with E-state index in [9.17, 15) is 14.9 Å². The summed E-state index contributed by atoms with van der Waals surface area (Å²) in [7, 11) is 0. The number of likely N-dealkylation sites (N-methyl/N-ethyl adjacent to an activating group) is 1. The van der Waals surface area contributed by atoms with Gasteiger partial charge in [-0.2, -0.15) is 0 Å². The Morgan fingerprint density at radius 3 is 2.47 bits per heavy atom. The number of aliphatic hydroxyl groups is 1. The molecule has 0 aliphatic rings. The van der Waals surface area contributed by atoms with Gasteiger partial charge in [0.25, 0.3) is 5.69 Å². The van der Waals surface area contributed by atoms with Crippen LogP contribution >= 0.6 is 0 Å². The minimum atomic E-state index is -0.492. The van der Waals surface area contributed by atoms with Crippen LogP contribution in [-0.4, -0.2) is 47.0 Å². The second-order valence-electron chi connectivity index (χ2n) is 4.17. The highest BCUT2D eigenvalue weighted by atomic mass is 16.6. The van der Waals surface area contributed by atoms with E-state index in [1.54, 1.807) is 0 Å². The highest BCUT2D eigenvalue weighted by molar-refractivity contribution is 5.97. The molecule has 1 aromatic rings. The van der Waals surface area contributed by atoms with Crippen LogP contribution in [0.3, 0.4) is 0 Å². The molecule has 0 radical (unpaired) electrons. The summed E-state index contributed by atoms with van der Waals surface area (Å²) in [5.74, 6) is -0.0744. The van der Waals surface area contributed by atoms with Crippen LogP contribution < -0.4 is 0 Å². The van der Waals surface area contributed by atoms with Crippen molar-refractivity contribution in [1.82, 2.24) is 4.90 Å². The van der Waals surface area contributed by atoms with Crippen LogP contribution in [0.5, 0.6) is 0 Å². The Kier molecular flexibility index (Phi) is 6.11. The van der Waals surface area contributed by atoms with E-state index in [0.717, 1.165) is 6.54 Å². The molecule has 0 saturated heterocycles. The Labute approximate surface area is 111 Å². The summed E-state index contributed by atoms with van der Waals surface area (Å²) in [6, 6.07) is 5.61. The Balaban J connectivity index is 2.63. The van der Waals surface area contributed by atoms with Crippen molar-refractivity contribution in [3.63, 3.8) is 0 Å². The van der Waals surface area contributed by atoms with Gasteiger partial charge in [0.05, 0.1) is 11.5 Å². The van der Waals surface area contributed by atoms with Gasteiger partial charge in [-0.05, 0) is 25.1 Å². The molecule has 104 valence electrons. The van der Waals surface area contributed by atoms with Gasteiger partial charge >= 0.3 is 0 Å². The third-order valence-electron chi connectivity index (χ3n) is 2.85. The molecule has 0 bridgehead atoms. The zero-order valence-corrected chi connectivity index (χ0v) is 10.9. The van der Waals surface area contributed by atoms with Crippen LogP contribution in [0.1, 0.15) is 23.7 Å². The second kappa shape index (κ2) is 7.60. The number of rotatable bonds is 8. The second-order valence-corrected chi connectivity index (χ2v) is 4.17. The summed E-state index contributed by atoms with van der Waals surface area (Å²) in [6.45, 7) is 3.68. The zero-order chi connectivity index (χ0) is 14.3. The Hall–Kier alpha value is -1.79. The van der Waals surface area contributed by atoms with Gasteiger partial charge in [-0.25, -0.2) is 0 Å². The van der Waals surface area contributed by atoms with E-state index in [-0.39, 0.29) is 24.6 Å². The van der Waals surface area contributed by atoms with E-state index < -0.39 is 4.92 Å². The number of aliphatic hydroxyl groups excluding tert-OH is 1. The maximum atomic E-state index is 12.0. The van der Waals surface area contributed by atoms with Gasteiger partial charge in [-0.3, -0.25) is 19.8 Å². The number of Topliss-reactive ketones (excluding diaryl/α,β-unsaturated/α-hetero) is 1. The molecule has 19 heavy (non-hydrogen) atoms. The molecule has 0 aliphatic heterocycles. The molecule has 0 saturated carbocycles. The molecule has 6 nitrogen and oxygen atoms in total. The first-order valence-electron chi connectivity index (χ1n) is 6.19. The van der Waals surface area contributed by atoms with Crippen LogP contribution in [0.2, 0.25) is 0 Å². The molecular formula is C13H18N2O4. The van der Waals surface area contributed by atoms with Gasteiger partial charge < -0.3 is 5.11 Å². The molecule has 0 fully saturated rings. The molecule has 0 aromatic heterocycles. The molecule has 1 aromatic carbocycles. The number of benzene rings is 1. The third kappa shape index (κ3) is 4.76. The molecule has 6 heteroatoms. The summed E-state index contributed by atoms with van der Waals surface area (Å²) >= 11 is 0. The maximum absolute atomic E-state index is 12.0. The average Bonchev–Trinajstić information content (AvgIpc) is 2.43. The van der Waals surface area contributed by atoms with Crippen molar-refractivity contribution in [3.8, 4) is 0 Å². The summed E-state index contributed by atoms with van der Waals surface area (Å²) in [5.41, 5.74) is 0.442. The molecule has 1 N–H and O–H groups in total. The Morgan fingerprint density at radius 2 is 2.00 bits per heavy atom. The predicted molar refractivity (Wildman–Crippen MR) is 71.2 cm³/mol. The first kappa shape index (κ1) is 15.3. The first-order chi connectivity index (χ1) is 9.08. The number of hydrogen-bond donors (Lipinski definition) is 1. The normalized spacial score (nSPS) is 10.7. The van der Waals surface area contributed by atoms with Gasteiger partial charge in [-0.1, -0.05) is 6.92 Å². The number of nitrogens with zero attached hydrogens (tertiary/aromatic N) is 2. The quantitative estimate of drug-likeness (QED) is 0.438. The molecule has 0 unspecified atom stereocenters. The van der Waals surface area contributed by atoms with Gasteiger partial charge in [0, 0.05) is 30.8 Å². The van der Waals surface area contributed by atoms with Gasteiger partial charge in [-0.15, -0.1) is 0 Å². The summed E-state index contributed by atoms with van der Waals surface area (Å²) in [5, 5.41) is 19.3. The van der Waals surface area contributed by atoms with Crippen molar-refractivity contribution in [2.75, 3.05) is 26.2 Å². The van der Waals surface area contributed by atoms with E-state index >= 15 is 0 Å². The molecule has 0 spiro atoms. The monoisotopic (exact) mass is 266 g/mol. The van der Waals surface area contributed by atoms with Crippen molar-refractivity contribution in [3.05, 3.63) is 39.9 Å². The van der Waals surface area contributed by atoms with E-state index in [0.29, 0.717) is 18.5 Å². The lowest BCUT2D eigenvalue weighted by molar-refractivity contribution is -0.384. The molecule has 0 atom stereocenters. The fourth-order valence-electron chi connectivity index (χ4n) is 1.71. The average molecular weight is 266 g/mol. The number of ketones is 1. The van der Waals surface area contributed by atoms with Crippen LogP contribution in [0.4, 0.5) is 5.69 Å². The number of nitro benzene ring substituents is 1. The summed E-state index contributed by atoms with van der Waals surface area (Å²) in [4.78, 5) is 23.9. The SMILES string of the molecule is CCN(CCCO)CC(=O)c1ccc([N+](=O)[O-])cc1. The lowest BCUT2D eigenvalue weighted by Gasteiger charge is -2.18.